The number of piperidine rings is 1. The summed E-state index contributed by atoms with van der Waals surface area (Å²) in [5.74, 6) is 1.19. The molecule has 0 bridgehead atoms. The van der Waals surface area contributed by atoms with E-state index < -0.39 is 5.56 Å². The molecule has 0 atom stereocenters. The van der Waals surface area contributed by atoms with Crippen molar-refractivity contribution in [2.75, 3.05) is 26.2 Å². The van der Waals surface area contributed by atoms with Crippen LogP contribution < -0.4 is 15.0 Å². The maximum absolute atomic E-state index is 12.2. The second-order valence-electron chi connectivity index (χ2n) is 7.56. The van der Waals surface area contributed by atoms with Crippen molar-refractivity contribution in [3.05, 3.63) is 49.9 Å². The number of carbonyl (C=O) groups excluding carboxylic acids is 1. The van der Waals surface area contributed by atoms with Crippen molar-refractivity contribution in [2.45, 2.75) is 38.2 Å². The lowest BCUT2D eigenvalue weighted by molar-refractivity contribution is 0.0894. The average Bonchev–Trinajstić information content (AvgIpc) is 2.74. The first-order chi connectivity index (χ1) is 14.5. The number of rotatable bonds is 6. The van der Waals surface area contributed by atoms with Gasteiger partial charge in [0.15, 0.2) is 16.6 Å². The Morgan fingerprint density at radius 1 is 1.13 bits per heavy atom. The largest absolute Gasteiger partial charge is 0.490 e. The molecule has 2 aliphatic rings. The minimum atomic E-state index is -0.460. The number of halogens is 2. The zero-order valence-corrected chi connectivity index (χ0v) is 18.0. The van der Waals surface area contributed by atoms with Gasteiger partial charge in [0.2, 0.25) is 0 Å². The molecule has 30 heavy (non-hydrogen) atoms. The summed E-state index contributed by atoms with van der Waals surface area (Å²) in [6.45, 7) is 2.90. The number of benzene rings is 1. The molecule has 2 heterocycles. The molecule has 2 aromatic rings. The third-order valence-electron chi connectivity index (χ3n) is 5.59. The number of hydrogen-bond donors (Lipinski definition) is 1. The topological polar surface area (TPSA) is 84.5 Å². The normalized spacial score (nSPS) is 17.6. The Hall–Kier alpha value is -2.09. The highest BCUT2D eigenvalue weighted by molar-refractivity contribution is 6.34. The molecule has 7 nitrogen and oxygen atoms in total. The monoisotopic (exact) mass is 451 g/mol. The number of ether oxygens (including phenoxy) is 2. The Morgan fingerprint density at radius 3 is 2.73 bits per heavy atom. The van der Waals surface area contributed by atoms with E-state index in [9.17, 15) is 9.59 Å². The first-order valence-electron chi connectivity index (χ1n) is 10.1. The van der Waals surface area contributed by atoms with Crippen molar-refractivity contribution in [1.29, 1.82) is 0 Å². The van der Waals surface area contributed by atoms with Crippen molar-refractivity contribution in [1.82, 2.24) is 15.1 Å². The molecule has 1 N–H and O–H groups in total. The second-order valence-corrected chi connectivity index (χ2v) is 8.35. The molecule has 1 aliphatic heterocycles. The Bertz CT molecular complexity index is 987. The molecule has 1 fully saturated rings. The van der Waals surface area contributed by atoms with Gasteiger partial charge >= 0.3 is 0 Å². The Kier molecular flexibility index (Phi) is 6.61. The van der Waals surface area contributed by atoms with Crippen LogP contribution in [0, 0.1) is 0 Å². The van der Waals surface area contributed by atoms with Crippen LogP contribution >= 0.6 is 23.2 Å². The first kappa shape index (κ1) is 21.2. The molecule has 0 unspecified atom stereocenters. The fourth-order valence-corrected chi connectivity index (χ4v) is 4.42. The SMILES string of the molecule is O=C1CCCc2c(OC3CCN(CCOc4cn[nH]c(=O)c4Cl)CC3)ccc(Cl)c21. The Labute approximate surface area is 184 Å². The van der Waals surface area contributed by atoms with Crippen molar-refractivity contribution in [3.63, 3.8) is 0 Å². The summed E-state index contributed by atoms with van der Waals surface area (Å²) in [6, 6.07) is 3.65. The van der Waals surface area contributed by atoms with E-state index in [4.69, 9.17) is 32.7 Å². The van der Waals surface area contributed by atoms with Crippen molar-refractivity contribution in [3.8, 4) is 11.5 Å². The van der Waals surface area contributed by atoms with Gasteiger partial charge in [-0.2, -0.15) is 5.10 Å². The third kappa shape index (κ3) is 4.63. The minimum Gasteiger partial charge on any atom is -0.490 e. The molecule has 0 amide bonds. The van der Waals surface area contributed by atoms with Gasteiger partial charge in [0.25, 0.3) is 5.56 Å². The van der Waals surface area contributed by atoms with E-state index in [1.54, 1.807) is 6.07 Å². The molecule has 1 aromatic carbocycles. The van der Waals surface area contributed by atoms with Gasteiger partial charge in [0.1, 0.15) is 18.5 Å². The highest BCUT2D eigenvalue weighted by atomic mass is 35.5. The predicted octanol–water partition coefficient (Wildman–Crippen LogP) is 3.52. The number of fused-ring (bicyclic) bond motifs is 1. The molecule has 0 radical (unpaired) electrons. The van der Waals surface area contributed by atoms with Crippen LogP contribution in [0.15, 0.2) is 23.1 Å². The van der Waals surface area contributed by atoms with Gasteiger partial charge in [-0.3, -0.25) is 14.5 Å². The summed E-state index contributed by atoms with van der Waals surface area (Å²) in [4.78, 5) is 26.0. The lowest BCUT2D eigenvalue weighted by atomic mass is 9.90. The number of hydrogen-bond acceptors (Lipinski definition) is 6. The van der Waals surface area contributed by atoms with E-state index in [0.717, 1.165) is 56.6 Å². The Balaban J connectivity index is 1.28. The molecular weight excluding hydrogens is 429 g/mol. The summed E-state index contributed by atoms with van der Waals surface area (Å²) in [5.41, 5.74) is 1.14. The molecule has 160 valence electrons. The zero-order chi connectivity index (χ0) is 21.1. The quantitative estimate of drug-likeness (QED) is 0.722. The predicted molar refractivity (Wildman–Crippen MR) is 114 cm³/mol. The molecule has 1 aromatic heterocycles. The number of carbonyl (C=O) groups is 1. The van der Waals surface area contributed by atoms with Crippen LogP contribution in [0.5, 0.6) is 11.5 Å². The second kappa shape index (κ2) is 9.37. The molecular formula is C21H23Cl2N3O4. The van der Waals surface area contributed by atoms with Crippen LogP contribution in [0.25, 0.3) is 0 Å². The molecule has 4 rings (SSSR count). The Morgan fingerprint density at radius 2 is 1.93 bits per heavy atom. The van der Waals surface area contributed by atoms with Gasteiger partial charge < -0.3 is 9.47 Å². The van der Waals surface area contributed by atoms with Crippen molar-refractivity contribution < 1.29 is 14.3 Å². The van der Waals surface area contributed by atoms with Crippen molar-refractivity contribution in [2.24, 2.45) is 0 Å². The van der Waals surface area contributed by atoms with Gasteiger partial charge in [-0.05, 0) is 37.8 Å². The van der Waals surface area contributed by atoms with E-state index >= 15 is 0 Å². The number of aromatic nitrogens is 2. The number of nitrogens with one attached hydrogen (secondary N) is 1. The summed E-state index contributed by atoms with van der Waals surface area (Å²) in [7, 11) is 0. The lowest BCUT2D eigenvalue weighted by Crippen LogP contribution is -2.40. The fraction of sp³-hybridized carbons (Fsp3) is 0.476. The van der Waals surface area contributed by atoms with E-state index in [1.807, 2.05) is 6.07 Å². The van der Waals surface area contributed by atoms with Crippen LogP contribution in [0.1, 0.15) is 41.6 Å². The number of nitrogens with zero attached hydrogens (tertiary/aromatic N) is 2. The highest BCUT2D eigenvalue weighted by Crippen LogP contribution is 2.35. The van der Waals surface area contributed by atoms with Gasteiger partial charge in [-0.1, -0.05) is 23.2 Å². The smallest absolute Gasteiger partial charge is 0.286 e. The minimum absolute atomic E-state index is 0.0156. The highest BCUT2D eigenvalue weighted by Gasteiger charge is 2.26. The summed E-state index contributed by atoms with van der Waals surface area (Å²) in [6.07, 6.45) is 5.50. The van der Waals surface area contributed by atoms with E-state index in [-0.39, 0.29) is 16.9 Å². The molecule has 9 heteroatoms. The third-order valence-corrected chi connectivity index (χ3v) is 6.26. The van der Waals surface area contributed by atoms with Gasteiger partial charge in [-0.25, -0.2) is 5.10 Å². The fourth-order valence-electron chi connectivity index (χ4n) is 3.99. The first-order valence-corrected chi connectivity index (χ1v) is 10.9. The molecule has 1 aliphatic carbocycles. The number of aromatic amines is 1. The standard InChI is InChI=1S/C21H23Cl2N3O4/c22-15-4-5-17(14-2-1-3-16(27)19(14)15)30-13-6-8-26(9-7-13)10-11-29-18-12-24-25-21(28)20(18)23/h4-5,12-13H,1-3,6-11H2,(H,25,28). The molecule has 1 saturated heterocycles. The maximum atomic E-state index is 12.2. The molecule has 0 saturated carbocycles. The average molecular weight is 452 g/mol. The maximum Gasteiger partial charge on any atom is 0.286 e. The van der Waals surface area contributed by atoms with Crippen LogP contribution in [-0.2, 0) is 6.42 Å². The van der Waals surface area contributed by atoms with E-state index in [2.05, 4.69) is 15.1 Å². The van der Waals surface area contributed by atoms with Crippen LogP contribution in [0.2, 0.25) is 10.0 Å². The number of likely N-dealkylation sites (tertiary alicyclic amines) is 1. The van der Waals surface area contributed by atoms with Gasteiger partial charge in [0, 0.05) is 37.2 Å². The van der Waals surface area contributed by atoms with Crippen LogP contribution in [0.4, 0.5) is 0 Å². The number of Topliss-reactive ketones (excluding diaryl/α,β-unsaturated/α-hetero) is 1. The van der Waals surface area contributed by atoms with Gasteiger partial charge in [0.05, 0.1) is 11.2 Å². The van der Waals surface area contributed by atoms with E-state index in [1.165, 1.54) is 6.20 Å². The number of ketones is 1. The molecule has 0 spiro atoms. The van der Waals surface area contributed by atoms with Crippen molar-refractivity contribution >= 4 is 29.0 Å². The lowest BCUT2D eigenvalue weighted by Gasteiger charge is -2.33. The summed E-state index contributed by atoms with van der Waals surface area (Å²) in [5, 5.41) is 6.49. The van der Waals surface area contributed by atoms with Crippen LogP contribution in [0.3, 0.4) is 0 Å². The van der Waals surface area contributed by atoms with Gasteiger partial charge in [-0.15, -0.1) is 0 Å². The number of H-pyrrole nitrogens is 1. The summed E-state index contributed by atoms with van der Waals surface area (Å²) < 4.78 is 11.9. The van der Waals surface area contributed by atoms with Crippen LogP contribution in [-0.4, -0.2) is 53.2 Å². The van der Waals surface area contributed by atoms with E-state index in [0.29, 0.717) is 29.4 Å². The zero-order valence-electron chi connectivity index (χ0n) is 16.5. The summed E-state index contributed by atoms with van der Waals surface area (Å²) >= 11 is 12.2.